The Labute approximate surface area is 89.9 Å². The molecule has 0 saturated carbocycles. The third-order valence-electron chi connectivity index (χ3n) is 3.03. The van der Waals surface area contributed by atoms with Gasteiger partial charge in [-0.3, -0.25) is 0 Å². The van der Waals surface area contributed by atoms with Crippen LogP contribution in [0.15, 0.2) is 30.5 Å². The van der Waals surface area contributed by atoms with Crippen LogP contribution in [0.3, 0.4) is 0 Å². The van der Waals surface area contributed by atoms with Gasteiger partial charge in [0.25, 0.3) is 0 Å². The molecule has 1 unspecified atom stereocenters. The van der Waals surface area contributed by atoms with Gasteiger partial charge in [-0.25, -0.2) is 0 Å². The standard InChI is InChI=1S/C13H17NO/c1-2-10(7-8-15)12-9-14-13-6-4-3-5-11(12)13/h3-6,9-10,14-15H,2,7-8H2,1H3. The molecule has 80 valence electrons. The van der Waals surface area contributed by atoms with E-state index in [2.05, 4.69) is 36.3 Å². The number of hydrogen-bond acceptors (Lipinski definition) is 1. The number of aliphatic hydroxyl groups excluding tert-OH is 1. The van der Waals surface area contributed by atoms with E-state index in [9.17, 15) is 0 Å². The molecule has 0 aliphatic carbocycles. The quantitative estimate of drug-likeness (QED) is 0.787. The summed E-state index contributed by atoms with van der Waals surface area (Å²) in [5.41, 5.74) is 2.52. The number of para-hydroxylation sites is 1. The minimum absolute atomic E-state index is 0.262. The molecular formula is C13H17NO. The van der Waals surface area contributed by atoms with Crippen LogP contribution >= 0.6 is 0 Å². The largest absolute Gasteiger partial charge is 0.396 e. The van der Waals surface area contributed by atoms with Crippen molar-refractivity contribution in [1.82, 2.24) is 4.98 Å². The van der Waals surface area contributed by atoms with Crippen molar-refractivity contribution in [3.63, 3.8) is 0 Å². The first-order valence-electron chi connectivity index (χ1n) is 5.53. The van der Waals surface area contributed by atoms with Gasteiger partial charge in [-0.05, 0) is 30.4 Å². The Bertz CT molecular complexity index is 433. The SMILES string of the molecule is CCC(CCO)c1c[nH]c2ccccc12. The van der Waals surface area contributed by atoms with Crippen LogP contribution in [0.1, 0.15) is 31.2 Å². The molecule has 0 radical (unpaired) electrons. The normalized spacial score (nSPS) is 13.2. The number of hydrogen-bond donors (Lipinski definition) is 2. The monoisotopic (exact) mass is 203 g/mol. The Kier molecular flexibility index (Phi) is 3.07. The van der Waals surface area contributed by atoms with Crippen LogP contribution in [0.2, 0.25) is 0 Å². The Morgan fingerprint density at radius 3 is 2.87 bits per heavy atom. The molecule has 0 bridgehead atoms. The molecule has 2 N–H and O–H groups in total. The molecule has 0 fully saturated rings. The van der Waals surface area contributed by atoms with E-state index in [4.69, 9.17) is 5.11 Å². The van der Waals surface area contributed by atoms with Crippen molar-refractivity contribution in [3.05, 3.63) is 36.0 Å². The van der Waals surface area contributed by atoms with Crippen molar-refractivity contribution in [2.24, 2.45) is 0 Å². The number of H-pyrrole nitrogens is 1. The molecule has 0 aliphatic heterocycles. The number of nitrogens with one attached hydrogen (secondary N) is 1. The van der Waals surface area contributed by atoms with E-state index in [-0.39, 0.29) is 6.61 Å². The van der Waals surface area contributed by atoms with Crippen molar-refractivity contribution in [1.29, 1.82) is 0 Å². The summed E-state index contributed by atoms with van der Waals surface area (Å²) in [4.78, 5) is 3.28. The lowest BCUT2D eigenvalue weighted by atomic mass is 9.93. The first-order chi connectivity index (χ1) is 7.36. The van der Waals surface area contributed by atoms with Crippen LogP contribution < -0.4 is 0 Å². The fourth-order valence-corrected chi connectivity index (χ4v) is 2.17. The van der Waals surface area contributed by atoms with E-state index in [1.165, 1.54) is 16.5 Å². The zero-order valence-electron chi connectivity index (χ0n) is 9.03. The van der Waals surface area contributed by atoms with Crippen LogP contribution in [-0.2, 0) is 0 Å². The minimum atomic E-state index is 0.262. The highest BCUT2D eigenvalue weighted by Crippen LogP contribution is 2.29. The van der Waals surface area contributed by atoms with Crippen LogP contribution in [0.5, 0.6) is 0 Å². The molecule has 0 spiro atoms. The molecule has 2 aromatic rings. The molecule has 1 heterocycles. The lowest BCUT2D eigenvalue weighted by molar-refractivity contribution is 0.274. The summed E-state index contributed by atoms with van der Waals surface area (Å²) in [6.07, 6.45) is 4.00. The molecule has 0 saturated heterocycles. The van der Waals surface area contributed by atoms with Crippen molar-refractivity contribution >= 4 is 10.9 Å². The zero-order chi connectivity index (χ0) is 10.7. The summed E-state index contributed by atoms with van der Waals surface area (Å²) in [6.45, 7) is 2.43. The Morgan fingerprint density at radius 2 is 2.13 bits per heavy atom. The van der Waals surface area contributed by atoms with E-state index >= 15 is 0 Å². The number of benzene rings is 1. The first kappa shape index (κ1) is 10.2. The van der Waals surface area contributed by atoms with Crippen molar-refractivity contribution in [2.75, 3.05) is 6.61 Å². The minimum Gasteiger partial charge on any atom is -0.396 e. The smallest absolute Gasteiger partial charge is 0.0456 e. The summed E-state index contributed by atoms with van der Waals surface area (Å²) < 4.78 is 0. The second kappa shape index (κ2) is 4.49. The van der Waals surface area contributed by atoms with E-state index in [1.807, 2.05) is 6.07 Å². The maximum absolute atomic E-state index is 9.03. The van der Waals surface area contributed by atoms with Gasteiger partial charge < -0.3 is 10.1 Å². The van der Waals surface area contributed by atoms with Crippen LogP contribution in [0, 0.1) is 0 Å². The molecular weight excluding hydrogens is 186 g/mol. The van der Waals surface area contributed by atoms with Gasteiger partial charge in [0.15, 0.2) is 0 Å². The highest BCUT2D eigenvalue weighted by Gasteiger charge is 2.12. The molecule has 2 rings (SSSR count). The van der Waals surface area contributed by atoms with Crippen LogP contribution in [0.4, 0.5) is 0 Å². The molecule has 1 aromatic carbocycles. The molecule has 1 aromatic heterocycles. The Morgan fingerprint density at radius 1 is 1.33 bits per heavy atom. The number of fused-ring (bicyclic) bond motifs is 1. The van der Waals surface area contributed by atoms with Gasteiger partial charge in [0.2, 0.25) is 0 Å². The van der Waals surface area contributed by atoms with Crippen molar-refractivity contribution in [3.8, 4) is 0 Å². The predicted octanol–water partition coefficient (Wildman–Crippen LogP) is 3.04. The average Bonchev–Trinajstić information content (AvgIpc) is 2.70. The summed E-state index contributed by atoms with van der Waals surface area (Å²) in [6, 6.07) is 8.33. The van der Waals surface area contributed by atoms with Gasteiger partial charge in [-0.2, -0.15) is 0 Å². The Hall–Kier alpha value is -1.28. The predicted molar refractivity (Wildman–Crippen MR) is 63.0 cm³/mol. The number of rotatable bonds is 4. The number of aliphatic hydroxyl groups is 1. The van der Waals surface area contributed by atoms with Gasteiger partial charge in [0, 0.05) is 23.7 Å². The van der Waals surface area contributed by atoms with E-state index in [1.54, 1.807) is 0 Å². The fraction of sp³-hybridized carbons (Fsp3) is 0.385. The lowest BCUT2D eigenvalue weighted by Gasteiger charge is -2.12. The molecule has 1 atom stereocenters. The van der Waals surface area contributed by atoms with Gasteiger partial charge in [0.05, 0.1) is 0 Å². The van der Waals surface area contributed by atoms with E-state index < -0.39 is 0 Å². The van der Waals surface area contributed by atoms with E-state index in [0.717, 1.165) is 12.8 Å². The molecule has 15 heavy (non-hydrogen) atoms. The molecule has 2 heteroatoms. The van der Waals surface area contributed by atoms with Crippen LogP contribution in [-0.4, -0.2) is 16.7 Å². The van der Waals surface area contributed by atoms with Crippen molar-refractivity contribution < 1.29 is 5.11 Å². The molecule has 0 amide bonds. The maximum Gasteiger partial charge on any atom is 0.0456 e. The first-order valence-corrected chi connectivity index (χ1v) is 5.53. The van der Waals surface area contributed by atoms with Gasteiger partial charge in [-0.1, -0.05) is 25.1 Å². The molecule has 0 aliphatic rings. The highest BCUT2D eigenvalue weighted by molar-refractivity contribution is 5.83. The summed E-state index contributed by atoms with van der Waals surface area (Å²) >= 11 is 0. The number of aromatic nitrogens is 1. The average molecular weight is 203 g/mol. The zero-order valence-corrected chi connectivity index (χ0v) is 9.03. The summed E-state index contributed by atoms with van der Waals surface area (Å²) in [5.74, 6) is 0.464. The Balaban J connectivity index is 2.41. The maximum atomic E-state index is 9.03. The van der Waals surface area contributed by atoms with Gasteiger partial charge >= 0.3 is 0 Å². The van der Waals surface area contributed by atoms with Crippen molar-refractivity contribution in [2.45, 2.75) is 25.7 Å². The third kappa shape index (κ3) is 1.90. The second-order valence-electron chi connectivity index (χ2n) is 3.91. The second-order valence-corrected chi connectivity index (χ2v) is 3.91. The van der Waals surface area contributed by atoms with Crippen LogP contribution in [0.25, 0.3) is 10.9 Å². The highest BCUT2D eigenvalue weighted by atomic mass is 16.3. The van der Waals surface area contributed by atoms with Gasteiger partial charge in [-0.15, -0.1) is 0 Å². The summed E-state index contributed by atoms with van der Waals surface area (Å²) in [5, 5.41) is 10.3. The molecule has 2 nitrogen and oxygen atoms in total. The lowest BCUT2D eigenvalue weighted by Crippen LogP contribution is -1.99. The van der Waals surface area contributed by atoms with Gasteiger partial charge in [0.1, 0.15) is 0 Å². The number of aromatic amines is 1. The fourth-order valence-electron chi connectivity index (χ4n) is 2.17. The third-order valence-corrected chi connectivity index (χ3v) is 3.03. The van der Waals surface area contributed by atoms with E-state index in [0.29, 0.717) is 5.92 Å². The summed E-state index contributed by atoms with van der Waals surface area (Å²) in [7, 11) is 0. The topological polar surface area (TPSA) is 36.0 Å².